The zero-order valence-electron chi connectivity index (χ0n) is 26.5. The maximum absolute atomic E-state index is 15.7. The number of carbonyl (C=O) groups excluding carboxylic acids is 2. The fourth-order valence-corrected chi connectivity index (χ4v) is 7.54. The van der Waals surface area contributed by atoms with E-state index < -0.39 is 33.1 Å². The number of benzene rings is 1. The molecule has 5 heterocycles. The molecule has 0 radical (unpaired) electrons. The number of nitrogens with one attached hydrogen (secondary N) is 1. The maximum Gasteiger partial charge on any atom is 0.316 e. The summed E-state index contributed by atoms with van der Waals surface area (Å²) >= 11 is 6.18. The number of pyridine rings is 1. The van der Waals surface area contributed by atoms with E-state index in [1.165, 1.54) is 27.4 Å². The number of alkyl halides is 2. The Morgan fingerprint density at radius 3 is 2.39 bits per heavy atom. The summed E-state index contributed by atoms with van der Waals surface area (Å²) in [4.78, 5) is 42.1. The van der Waals surface area contributed by atoms with Gasteiger partial charge in [-0.2, -0.15) is 13.1 Å². The highest BCUT2D eigenvalue weighted by Gasteiger charge is 2.38. The van der Waals surface area contributed by atoms with Crippen LogP contribution >= 0.6 is 11.6 Å². The quantitative estimate of drug-likeness (QED) is 0.290. The molecule has 1 aromatic carbocycles. The fourth-order valence-electron chi connectivity index (χ4n) is 5.91. The Hall–Kier alpha value is -3.87. The Morgan fingerprint density at radius 1 is 1.04 bits per heavy atom. The second kappa shape index (κ2) is 14.5. The summed E-state index contributed by atoms with van der Waals surface area (Å²) in [7, 11) is -3.87. The highest BCUT2D eigenvalue weighted by Crippen LogP contribution is 2.37. The van der Waals surface area contributed by atoms with Crippen LogP contribution in [-0.2, 0) is 25.5 Å². The van der Waals surface area contributed by atoms with Crippen LogP contribution < -0.4 is 20.9 Å². The first-order chi connectivity index (χ1) is 23.4. The van der Waals surface area contributed by atoms with Crippen molar-refractivity contribution < 1.29 is 31.5 Å². The predicted molar refractivity (Wildman–Crippen MR) is 176 cm³/mol. The van der Waals surface area contributed by atoms with Crippen molar-refractivity contribution in [1.82, 2.24) is 29.5 Å². The summed E-state index contributed by atoms with van der Waals surface area (Å²) in [6.45, 7) is 4.67. The van der Waals surface area contributed by atoms with E-state index in [0.717, 1.165) is 31.5 Å². The van der Waals surface area contributed by atoms with Crippen LogP contribution in [-0.4, -0.2) is 123 Å². The van der Waals surface area contributed by atoms with Crippen LogP contribution in [0.3, 0.4) is 0 Å². The Balaban J connectivity index is 1.07. The number of rotatable bonds is 10. The number of halogens is 3. The molecule has 14 nitrogen and oxygen atoms in total. The van der Waals surface area contributed by atoms with E-state index in [2.05, 4.69) is 25.2 Å². The molecule has 3 saturated heterocycles. The molecule has 18 heteroatoms. The SMILES string of the molecule is N[C@@H]1CC(=O)N(c2ccc(S(=O)(=O)N3CCN(c4cc(C(F)(F)c5cnc(C(=O)NCCN6CCOCC6)cn5)cc(Cl)n4)CC3)cc2)C1. The van der Waals surface area contributed by atoms with Crippen molar-refractivity contribution in [1.29, 1.82) is 0 Å². The number of sulfonamides is 1. The summed E-state index contributed by atoms with van der Waals surface area (Å²) < 4.78 is 64.8. The second-order valence-electron chi connectivity index (χ2n) is 12.0. The number of hydrogen-bond donors (Lipinski definition) is 2. The second-order valence-corrected chi connectivity index (χ2v) is 14.3. The Bertz CT molecular complexity index is 1770. The molecule has 2 aromatic heterocycles. The number of morpholine rings is 1. The minimum Gasteiger partial charge on any atom is -0.379 e. The number of aromatic nitrogens is 3. The summed E-state index contributed by atoms with van der Waals surface area (Å²) in [6, 6.07) is 8.03. The van der Waals surface area contributed by atoms with Gasteiger partial charge in [0.25, 0.3) is 5.91 Å². The number of amides is 2. The van der Waals surface area contributed by atoms with Gasteiger partial charge in [0.05, 0.1) is 30.5 Å². The van der Waals surface area contributed by atoms with E-state index in [1.54, 1.807) is 17.0 Å². The van der Waals surface area contributed by atoms with Crippen molar-refractivity contribution in [2.75, 3.05) is 81.9 Å². The highest BCUT2D eigenvalue weighted by atomic mass is 35.5. The standard InChI is InChI=1S/C31H36ClF2N9O5S/c32-27-15-21(31(33,34)26-19-37-25(18-38-26)30(45)36-5-6-40-11-13-48-14-12-40)16-28(39-27)41-7-9-42(10-8-41)49(46,47)24-3-1-23(2-4-24)43-20-22(35)17-29(43)44/h1-4,15-16,18-19,22H,5-14,17,20,35H2,(H,36,45)/t22-/m1/s1. The predicted octanol–water partition coefficient (Wildman–Crippen LogP) is 1.30. The molecule has 3 aromatic rings. The van der Waals surface area contributed by atoms with Gasteiger partial charge < -0.3 is 25.6 Å². The van der Waals surface area contributed by atoms with Crippen LogP contribution in [0.2, 0.25) is 5.15 Å². The van der Waals surface area contributed by atoms with Gasteiger partial charge in [0.1, 0.15) is 22.4 Å². The van der Waals surface area contributed by atoms with Gasteiger partial charge in [0.2, 0.25) is 15.9 Å². The molecule has 3 aliphatic rings. The molecule has 6 rings (SSSR count). The molecule has 3 N–H and O–H groups in total. The molecule has 3 fully saturated rings. The lowest BCUT2D eigenvalue weighted by Crippen LogP contribution is -2.49. The minimum absolute atomic E-state index is 0.0704. The number of ether oxygens (including phenoxy) is 1. The van der Waals surface area contributed by atoms with Crippen molar-refractivity contribution >= 4 is 44.9 Å². The van der Waals surface area contributed by atoms with Gasteiger partial charge >= 0.3 is 5.92 Å². The van der Waals surface area contributed by atoms with Gasteiger partial charge in [-0.3, -0.25) is 19.5 Å². The van der Waals surface area contributed by atoms with E-state index in [9.17, 15) is 18.0 Å². The molecule has 0 spiro atoms. The number of piperazine rings is 1. The van der Waals surface area contributed by atoms with Crippen molar-refractivity contribution in [3.05, 3.63) is 70.9 Å². The van der Waals surface area contributed by atoms with Gasteiger partial charge in [-0.25, -0.2) is 18.4 Å². The van der Waals surface area contributed by atoms with Crippen molar-refractivity contribution in [3.8, 4) is 0 Å². The molecule has 3 aliphatic heterocycles. The monoisotopic (exact) mass is 719 g/mol. The van der Waals surface area contributed by atoms with E-state index in [1.807, 2.05) is 0 Å². The third-order valence-corrected chi connectivity index (χ3v) is 10.8. The molecule has 49 heavy (non-hydrogen) atoms. The van der Waals surface area contributed by atoms with Gasteiger partial charge in [-0.05, 0) is 36.4 Å². The Kier molecular flexibility index (Phi) is 10.4. The average molecular weight is 720 g/mol. The number of nitrogens with zero attached hydrogens (tertiary/aromatic N) is 7. The zero-order chi connectivity index (χ0) is 34.8. The Labute approximate surface area is 287 Å². The van der Waals surface area contributed by atoms with Crippen molar-refractivity contribution in [3.63, 3.8) is 0 Å². The lowest BCUT2D eigenvalue weighted by atomic mass is 10.1. The minimum atomic E-state index is -3.87. The molecule has 0 bridgehead atoms. The largest absolute Gasteiger partial charge is 0.379 e. The van der Waals surface area contributed by atoms with Gasteiger partial charge in [-0.1, -0.05) is 11.6 Å². The third kappa shape index (κ3) is 7.81. The highest BCUT2D eigenvalue weighted by molar-refractivity contribution is 7.89. The number of anilines is 2. The van der Waals surface area contributed by atoms with Crippen LogP contribution in [0.15, 0.2) is 53.7 Å². The zero-order valence-corrected chi connectivity index (χ0v) is 28.0. The molecule has 0 unspecified atom stereocenters. The smallest absolute Gasteiger partial charge is 0.316 e. The molecular formula is C31H36ClF2N9O5S. The van der Waals surface area contributed by atoms with Crippen LogP contribution in [0.1, 0.15) is 28.2 Å². The van der Waals surface area contributed by atoms with Crippen molar-refractivity contribution in [2.45, 2.75) is 23.3 Å². The normalized spacial score (nSPS) is 19.8. The van der Waals surface area contributed by atoms with Crippen LogP contribution in [0.25, 0.3) is 0 Å². The summed E-state index contributed by atoms with van der Waals surface area (Å²) in [5.74, 6) is -4.11. The molecule has 2 amide bonds. The first kappa shape index (κ1) is 35.0. The molecule has 0 saturated carbocycles. The van der Waals surface area contributed by atoms with E-state index in [-0.39, 0.29) is 66.1 Å². The third-order valence-electron chi connectivity index (χ3n) is 8.67. The number of nitrogens with two attached hydrogens (primary N) is 1. The summed E-state index contributed by atoms with van der Waals surface area (Å²) in [6.07, 6.45) is 2.10. The van der Waals surface area contributed by atoms with Gasteiger partial charge in [-0.15, -0.1) is 0 Å². The number of carbonyl (C=O) groups is 2. The van der Waals surface area contributed by atoms with Gasteiger partial charge in [0, 0.05) is 82.6 Å². The first-order valence-electron chi connectivity index (χ1n) is 15.8. The van der Waals surface area contributed by atoms with Gasteiger partial charge in [0.15, 0.2) is 0 Å². The lowest BCUT2D eigenvalue weighted by molar-refractivity contribution is -0.117. The first-order valence-corrected chi connectivity index (χ1v) is 17.6. The van der Waals surface area contributed by atoms with E-state index in [4.69, 9.17) is 22.1 Å². The van der Waals surface area contributed by atoms with Crippen LogP contribution in [0.5, 0.6) is 0 Å². The topological polar surface area (TPSA) is 167 Å². The van der Waals surface area contributed by atoms with Crippen LogP contribution in [0.4, 0.5) is 20.3 Å². The Morgan fingerprint density at radius 2 is 1.76 bits per heavy atom. The average Bonchev–Trinajstić information content (AvgIpc) is 3.45. The lowest BCUT2D eigenvalue weighted by Gasteiger charge is -2.35. The molecular weight excluding hydrogens is 684 g/mol. The van der Waals surface area contributed by atoms with Crippen molar-refractivity contribution in [2.24, 2.45) is 5.73 Å². The fraction of sp³-hybridized carbons (Fsp3) is 0.452. The maximum atomic E-state index is 15.7. The summed E-state index contributed by atoms with van der Waals surface area (Å²) in [5, 5.41) is 2.55. The van der Waals surface area contributed by atoms with Crippen LogP contribution in [0, 0.1) is 0 Å². The molecule has 0 aliphatic carbocycles. The summed E-state index contributed by atoms with van der Waals surface area (Å²) in [5.41, 5.74) is 5.20. The molecule has 1 atom stereocenters. The van der Waals surface area contributed by atoms with E-state index >= 15 is 8.78 Å². The van der Waals surface area contributed by atoms with E-state index in [0.29, 0.717) is 38.5 Å². The number of hydrogen-bond acceptors (Lipinski definition) is 11. The molecule has 262 valence electrons.